The number of aryl methyl sites for hydroxylation is 1. The van der Waals surface area contributed by atoms with E-state index >= 15 is 0 Å². The summed E-state index contributed by atoms with van der Waals surface area (Å²) in [4.78, 5) is 0. The van der Waals surface area contributed by atoms with E-state index in [1.54, 1.807) is 11.1 Å². The van der Waals surface area contributed by atoms with Gasteiger partial charge in [0.1, 0.15) is 5.54 Å². The topological polar surface area (TPSA) is 0 Å². The van der Waals surface area contributed by atoms with Crippen molar-refractivity contribution in [1.82, 2.24) is 0 Å². The van der Waals surface area contributed by atoms with Gasteiger partial charge in [0.2, 0.25) is 0 Å². The summed E-state index contributed by atoms with van der Waals surface area (Å²) in [6.07, 6.45) is 35.5. The molecule has 0 aliphatic rings. The summed E-state index contributed by atoms with van der Waals surface area (Å²) in [5.41, 5.74) is 3.33. The molecule has 41 heavy (non-hydrogen) atoms. The fourth-order valence-corrected chi connectivity index (χ4v) is 6.45. The van der Waals surface area contributed by atoms with Gasteiger partial charge in [-0.1, -0.05) is 173 Å². The minimum absolute atomic E-state index is 0. The zero-order chi connectivity index (χ0) is 29.4. The van der Waals surface area contributed by atoms with E-state index in [1.807, 2.05) is 0 Å². The molecule has 0 unspecified atom stereocenters. The maximum Gasteiger partial charge on any atom is 0.119 e. The molecule has 0 aliphatic carbocycles. The number of hydrogen-bond donors (Lipinski definition) is 0. The Labute approximate surface area is 266 Å². The van der Waals surface area contributed by atoms with Crippen molar-refractivity contribution in [3.8, 4) is 0 Å². The quantitative estimate of drug-likeness (QED) is 0.0671. The number of rotatable bonds is 28. The first-order valence-electron chi connectivity index (χ1n) is 18.3. The molecule has 2 heteroatoms. The lowest BCUT2D eigenvalue weighted by Gasteiger charge is -2.46. The monoisotopic (exact) mass is 592 g/mol. The molecule has 1 nitrogen and oxygen atoms in total. The Bertz CT molecular complexity index is 695. The molecule has 0 saturated heterocycles. The molecule has 0 saturated carbocycles. The van der Waals surface area contributed by atoms with Crippen molar-refractivity contribution in [2.75, 3.05) is 20.6 Å². The van der Waals surface area contributed by atoms with Crippen LogP contribution in [0.1, 0.15) is 193 Å². The van der Waals surface area contributed by atoms with Gasteiger partial charge >= 0.3 is 0 Å². The Morgan fingerprint density at radius 3 is 1.24 bits per heavy atom. The van der Waals surface area contributed by atoms with Gasteiger partial charge in [-0.05, 0) is 45.1 Å². The van der Waals surface area contributed by atoms with Crippen molar-refractivity contribution in [2.45, 2.75) is 194 Å². The Kier molecular flexibility index (Phi) is 25.6. The molecule has 1 rings (SSSR count). The van der Waals surface area contributed by atoms with Crippen molar-refractivity contribution < 1.29 is 16.9 Å². The highest BCUT2D eigenvalue weighted by Gasteiger charge is 2.39. The minimum Gasteiger partial charge on any atom is -1.00 e. The van der Waals surface area contributed by atoms with Crippen LogP contribution in [-0.2, 0) is 12.0 Å². The van der Waals surface area contributed by atoms with E-state index in [9.17, 15) is 0 Å². The molecule has 1 aromatic carbocycles. The van der Waals surface area contributed by atoms with Crippen LogP contribution in [0, 0.1) is 0 Å². The van der Waals surface area contributed by atoms with Gasteiger partial charge in [0.25, 0.3) is 0 Å². The standard InChI is InChI=1S/C39H74N.ClH/c1-7-9-11-13-15-17-19-20-21-22-24-26-28-32-36-40(5,6)39(3,4)38-35-31-30-34-37(38)33-29-27-25-23-18-16-14-12-10-8-2;/h30-31,34-35H,7-29,32-33,36H2,1-6H3;1H/q+1;/p-1. The summed E-state index contributed by atoms with van der Waals surface area (Å²) in [6.45, 7) is 10.9. The first kappa shape index (κ1) is 40.5. The Hall–Kier alpha value is -0.530. The van der Waals surface area contributed by atoms with Crippen LogP contribution in [0.15, 0.2) is 24.3 Å². The van der Waals surface area contributed by atoms with Gasteiger partial charge in [-0.3, -0.25) is 0 Å². The van der Waals surface area contributed by atoms with Crippen molar-refractivity contribution in [2.24, 2.45) is 0 Å². The zero-order valence-corrected chi connectivity index (χ0v) is 29.8. The lowest BCUT2D eigenvalue weighted by molar-refractivity contribution is -0.945. The second kappa shape index (κ2) is 25.9. The van der Waals surface area contributed by atoms with Gasteiger partial charge in [0, 0.05) is 5.56 Å². The largest absolute Gasteiger partial charge is 1.00 e. The number of halogens is 1. The van der Waals surface area contributed by atoms with E-state index in [2.05, 4.69) is 66.1 Å². The van der Waals surface area contributed by atoms with E-state index < -0.39 is 0 Å². The first-order valence-corrected chi connectivity index (χ1v) is 18.3. The van der Waals surface area contributed by atoms with Gasteiger partial charge in [-0.2, -0.15) is 0 Å². The lowest BCUT2D eigenvalue weighted by Crippen LogP contribution is -3.00. The molecule has 0 spiro atoms. The van der Waals surface area contributed by atoms with Crippen LogP contribution >= 0.6 is 0 Å². The molecule has 0 fully saturated rings. The van der Waals surface area contributed by atoms with Crippen molar-refractivity contribution in [3.05, 3.63) is 35.4 Å². The zero-order valence-electron chi connectivity index (χ0n) is 29.0. The number of nitrogens with zero attached hydrogens (tertiary/aromatic N) is 1. The second-order valence-corrected chi connectivity index (χ2v) is 14.2. The third-order valence-corrected chi connectivity index (χ3v) is 10.1. The number of unbranched alkanes of at least 4 members (excludes halogenated alkanes) is 22. The highest BCUT2D eigenvalue weighted by Crippen LogP contribution is 2.35. The average Bonchev–Trinajstić information content (AvgIpc) is 2.94. The van der Waals surface area contributed by atoms with Gasteiger partial charge in [0.05, 0.1) is 20.6 Å². The molecule has 0 atom stereocenters. The highest BCUT2D eigenvalue weighted by atomic mass is 35.5. The van der Waals surface area contributed by atoms with Crippen LogP contribution in [0.2, 0.25) is 0 Å². The molecule has 0 aliphatic heterocycles. The van der Waals surface area contributed by atoms with E-state index in [-0.39, 0.29) is 17.9 Å². The average molecular weight is 592 g/mol. The molecule has 0 amide bonds. The van der Waals surface area contributed by atoms with Gasteiger partial charge in [-0.25, -0.2) is 0 Å². The third kappa shape index (κ3) is 18.7. The van der Waals surface area contributed by atoms with Gasteiger partial charge in [-0.15, -0.1) is 0 Å². The van der Waals surface area contributed by atoms with Crippen molar-refractivity contribution >= 4 is 0 Å². The van der Waals surface area contributed by atoms with E-state index in [4.69, 9.17) is 0 Å². The van der Waals surface area contributed by atoms with Crippen LogP contribution in [0.4, 0.5) is 0 Å². The molecule has 0 aromatic heterocycles. The smallest absolute Gasteiger partial charge is 0.119 e. The second-order valence-electron chi connectivity index (χ2n) is 14.2. The summed E-state index contributed by atoms with van der Waals surface area (Å²) in [5.74, 6) is 0. The van der Waals surface area contributed by atoms with Crippen LogP contribution < -0.4 is 12.4 Å². The predicted molar refractivity (Wildman–Crippen MR) is 182 cm³/mol. The summed E-state index contributed by atoms with van der Waals surface area (Å²) in [5, 5.41) is 0. The summed E-state index contributed by atoms with van der Waals surface area (Å²) in [6, 6.07) is 9.37. The van der Waals surface area contributed by atoms with Crippen molar-refractivity contribution in [1.29, 1.82) is 0 Å². The van der Waals surface area contributed by atoms with Gasteiger partial charge < -0.3 is 16.9 Å². The molecule has 0 radical (unpaired) electrons. The van der Waals surface area contributed by atoms with Crippen LogP contribution in [0.25, 0.3) is 0 Å². The van der Waals surface area contributed by atoms with Crippen LogP contribution in [0.3, 0.4) is 0 Å². The fraction of sp³-hybridized carbons (Fsp3) is 0.846. The summed E-state index contributed by atoms with van der Waals surface area (Å²) < 4.78 is 1.08. The van der Waals surface area contributed by atoms with Crippen LogP contribution in [0.5, 0.6) is 0 Å². The van der Waals surface area contributed by atoms with Gasteiger partial charge in [0.15, 0.2) is 0 Å². The summed E-state index contributed by atoms with van der Waals surface area (Å²) >= 11 is 0. The molecule has 0 heterocycles. The maximum absolute atomic E-state index is 2.49. The maximum atomic E-state index is 2.49. The van der Waals surface area contributed by atoms with E-state index in [1.165, 1.54) is 167 Å². The molecular weight excluding hydrogens is 518 g/mol. The van der Waals surface area contributed by atoms with Crippen LogP contribution in [-0.4, -0.2) is 25.1 Å². The predicted octanol–water partition coefficient (Wildman–Crippen LogP) is 9.95. The molecule has 1 aromatic rings. The lowest BCUT2D eigenvalue weighted by atomic mass is 9.84. The molecule has 242 valence electrons. The highest BCUT2D eigenvalue weighted by molar-refractivity contribution is 5.31. The van der Waals surface area contributed by atoms with E-state index in [0.717, 1.165) is 4.48 Å². The normalized spacial score (nSPS) is 12.0. The minimum atomic E-state index is 0. The first-order chi connectivity index (χ1) is 19.4. The Morgan fingerprint density at radius 2 is 0.829 bits per heavy atom. The fourth-order valence-electron chi connectivity index (χ4n) is 6.45. The van der Waals surface area contributed by atoms with E-state index in [0.29, 0.717) is 0 Å². The number of benzene rings is 1. The molecule has 0 bridgehead atoms. The third-order valence-electron chi connectivity index (χ3n) is 10.1. The summed E-state index contributed by atoms with van der Waals surface area (Å²) in [7, 11) is 4.94. The number of quaternary nitrogens is 1. The molecular formula is C39H74ClN. The SMILES string of the molecule is CCCCCCCCCCCCCCCC[N+](C)(C)C(C)(C)c1ccccc1CCCCCCCCCCCC.[Cl-]. The van der Waals surface area contributed by atoms with Crippen molar-refractivity contribution in [3.63, 3.8) is 0 Å². The number of hydrogen-bond acceptors (Lipinski definition) is 0. The Balaban J connectivity index is 0.0000160. The Morgan fingerprint density at radius 1 is 0.488 bits per heavy atom. The molecule has 0 N–H and O–H groups in total.